The van der Waals surface area contributed by atoms with Gasteiger partial charge in [-0.25, -0.2) is 4.79 Å². The van der Waals surface area contributed by atoms with Crippen LogP contribution in [0.15, 0.2) is 0 Å². The highest BCUT2D eigenvalue weighted by atomic mass is 16.6. The number of ether oxygens (including phenoxy) is 2. The Labute approximate surface area is 275 Å². The Bertz CT molecular complexity index is 958. The zero-order valence-corrected chi connectivity index (χ0v) is 29.1. The van der Waals surface area contributed by atoms with E-state index in [9.17, 15) is 34.2 Å². The van der Waals surface area contributed by atoms with Crippen LogP contribution < -0.4 is 16.0 Å². The fraction of sp³-hybridized carbons (Fsp3) is 0.853. The van der Waals surface area contributed by atoms with E-state index in [4.69, 9.17) is 9.47 Å². The number of aliphatic hydroxyl groups is 2. The van der Waals surface area contributed by atoms with E-state index in [2.05, 4.69) is 22.9 Å². The molecule has 1 rings (SSSR count). The maximum Gasteiger partial charge on any atom is 0.332 e. The quantitative estimate of drug-likeness (QED) is 0.123. The number of hydrogen-bond donors (Lipinski definition) is 5. The molecule has 0 saturated carbocycles. The average Bonchev–Trinajstić information content (AvgIpc) is 3.00. The molecule has 46 heavy (non-hydrogen) atoms. The number of carbonyl (C=O) groups is 5. The van der Waals surface area contributed by atoms with Crippen molar-refractivity contribution in [2.75, 3.05) is 6.61 Å². The van der Waals surface area contributed by atoms with Gasteiger partial charge < -0.3 is 35.6 Å². The maximum absolute atomic E-state index is 13.5. The summed E-state index contributed by atoms with van der Waals surface area (Å²) < 4.78 is 10.9. The molecule has 1 fully saturated rings. The van der Waals surface area contributed by atoms with Gasteiger partial charge in [-0.15, -0.1) is 0 Å². The lowest BCUT2D eigenvalue weighted by Gasteiger charge is -2.32. The molecule has 0 aromatic heterocycles. The molecule has 12 heteroatoms. The second kappa shape index (κ2) is 22.0. The lowest BCUT2D eigenvalue weighted by Crippen LogP contribution is -2.60. The van der Waals surface area contributed by atoms with Crippen molar-refractivity contribution in [3.05, 3.63) is 0 Å². The zero-order valence-electron chi connectivity index (χ0n) is 29.1. The number of aliphatic hydroxyl groups excluding tert-OH is 2. The Morgan fingerprint density at radius 3 is 1.80 bits per heavy atom. The first-order valence-corrected chi connectivity index (χ1v) is 17.3. The van der Waals surface area contributed by atoms with E-state index in [1.807, 2.05) is 0 Å². The van der Waals surface area contributed by atoms with Crippen molar-refractivity contribution < 1.29 is 43.7 Å². The van der Waals surface area contributed by atoms with Crippen molar-refractivity contribution in [3.8, 4) is 0 Å². The number of cyclic esters (lactones) is 1. The van der Waals surface area contributed by atoms with Gasteiger partial charge in [0.25, 0.3) is 0 Å². The summed E-state index contributed by atoms with van der Waals surface area (Å²) in [6, 6.07) is -4.00. The van der Waals surface area contributed by atoms with Gasteiger partial charge in [0.05, 0.1) is 18.1 Å². The predicted molar refractivity (Wildman–Crippen MR) is 174 cm³/mol. The van der Waals surface area contributed by atoms with Crippen molar-refractivity contribution >= 4 is 29.7 Å². The van der Waals surface area contributed by atoms with E-state index in [0.717, 1.165) is 26.2 Å². The summed E-state index contributed by atoms with van der Waals surface area (Å²) in [6.45, 7) is 10.8. The Morgan fingerprint density at radius 2 is 1.30 bits per heavy atom. The second-order valence-electron chi connectivity index (χ2n) is 13.3. The lowest BCUT2D eigenvalue weighted by molar-refractivity contribution is -0.162. The zero-order chi connectivity index (χ0) is 34.8. The number of esters is 2. The molecule has 1 aliphatic heterocycles. The van der Waals surface area contributed by atoms with E-state index in [0.29, 0.717) is 12.8 Å². The highest BCUT2D eigenvalue weighted by Crippen LogP contribution is 2.25. The van der Waals surface area contributed by atoms with Crippen LogP contribution >= 0.6 is 0 Å². The first-order chi connectivity index (χ1) is 21.7. The van der Waals surface area contributed by atoms with Crippen LogP contribution in [-0.2, 0) is 33.4 Å². The van der Waals surface area contributed by atoms with Gasteiger partial charge in [-0.2, -0.15) is 0 Å². The van der Waals surface area contributed by atoms with E-state index in [-0.39, 0.29) is 0 Å². The Hall–Kier alpha value is -2.73. The van der Waals surface area contributed by atoms with E-state index < -0.39 is 90.5 Å². The molecule has 12 nitrogen and oxygen atoms in total. The highest BCUT2D eigenvalue weighted by molar-refractivity contribution is 5.94. The van der Waals surface area contributed by atoms with E-state index in [1.165, 1.54) is 58.8 Å². The number of rotatable bonds is 16. The highest BCUT2D eigenvalue weighted by Gasteiger charge is 2.39. The summed E-state index contributed by atoms with van der Waals surface area (Å²) in [5.41, 5.74) is 0. The number of carbonyl (C=O) groups excluding carboxylic acids is 5. The van der Waals surface area contributed by atoms with Gasteiger partial charge in [0.15, 0.2) is 6.04 Å². The van der Waals surface area contributed by atoms with Crippen LogP contribution in [-0.4, -0.2) is 82.9 Å². The van der Waals surface area contributed by atoms with E-state index >= 15 is 0 Å². The Balaban J connectivity index is 3.19. The minimum Gasteiger partial charge on any atom is -0.463 e. The van der Waals surface area contributed by atoms with Crippen LogP contribution in [0.5, 0.6) is 0 Å². The van der Waals surface area contributed by atoms with Crippen molar-refractivity contribution in [2.45, 2.75) is 162 Å². The van der Waals surface area contributed by atoms with Crippen LogP contribution in [0.2, 0.25) is 0 Å². The fourth-order valence-corrected chi connectivity index (χ4v) is 5.60. The number of nitrogens with one attached hydrogen (secondary N) is 3. The molecule has 8 unspecified atom stereocenters. The van der Waals surface area contributed by atoms with Crippen LogP contribution in [0, 0.1) is 17.8 Å². The SMILES string of the molecule is CCCCCCCCCCCCCC1OC(=O)C(COC(C)=O)NC(=O)C(C(C)O)NC(=O)C(C(C)C)NC(=O)C(C)C(O)C1C. The molecule has 266 valence electrons. The van der Waals surface area contributed by atoms with Crippen LogP contribution in [0.1, 0.15) is 126 Å². The van der Waals surface area contributed by atoms with Gasteiger partial charge in [0.1, 0.15) is 24.8 Å². The molecule has 1 aliphatic rings. The molecule has 0 spiro atoms. The summed E-state index contributed by atoms with van der Waals surface area (Å²) >= 11 is 0. The third-order valence-electron chi connectivity index (χ3n) is 8.77. The van der Waals surface area contributed by atoms with Crippen molar-refractivity contribution in [3.63, 3.8) is 0 Å². The van der Waals surface area contributed by atoms with Gasteiger partial charge >= 0.3 is 11.9 Å². The first-order valence-electron chi connectivity index (χ1n) is 17.3. The molecule has 8 atom stereocenters. The molecule has 0 bridgehead atoms. The Morgan fingerprint density at radius 1 is 0.804 bits per heavy atom. The lowest BCUT2D eigenvalue weighted by atomic mass is 9.86. The largest absolute Gasteiger partial charge is 0.463 e. The molecule has 0 aromatic rings. The summed E-state index contributed by atoms with van der Waals surface area (Å²) in [6.07, 6.45) is 9.49. The van der Waals surface area contributed by atoms with Gasteiger partial charge in [-0.1, -0.05) is 98.8 Å². The fourth-order valence-electron chi connectivity index (χ4n) is 5.60. The smallest absolute Gasteiger partial charge is 0.332 e. The van der Waals surface area contributed by atoms with E-state index in [1.54, 1.807) is 20.8 Å². The monoisotopic (exact) mass is 655 g/mol. The van der Waals surface area contributed by atoms with Crippen molar-refractivity contribution in [2.24, 2.45) is 17.8 Å². The standard InChI is InChI=1S/C34H61N3O9/c1-8-9-10-11-12-13-14-15-16-17-18-19-27-22(4)30(40)23(5)31(41)36-28(21(2)3)32(42)37-29(24(6)38)33(43)35-26(34(44)46-27)20-45-25(7)39/h21-24,26-30,38,40H,8-20H2,1-7H3,(H,35,43)(H,36,41)(H,37,42). The molecule has 0 radical (unpaired) electrons. The molecular weight excluding hydrogens is 594 g/mol. The van der Waals surface area contributed by atoms with Crippen LogP contribution in [0.3, 0.4) is 0 Å². The topological polar surface area (TPSA) is 180 Å². The maximum atomic E-state index is 13.5. The summed E-state index contributed by atoms with van der Waals surface area (Å²) in [5, 5.41) is 29.2. The summed E-state index contributed by atoms with van der Waals surface area (Å²) in [4.78, 5) is 64.8. The molecular formula is C34H61N3O9. The minimum absolute atomic E-state index is 0.394. The van der Waals surface area contributed by atoms with Gasteiger partial charge in [0.2, 0.25) is 17.7 Å². The van der Waals surface area contributed by atoms with Gasteiger partial charge in [-0.3, -0.25) is 19.2 Å². The van der Waals surface area contributed by atoms with Crippen molar-refractivity contribution in [1.29, 1.82) is 0 Å². The van der Waals surface area contributed by atoms with Crippen molar-refractivity contribution in [1.82, 2.24) is 16.0 Å². The molecule has 5 N–H and O–H groups in total. The average molecular weight is 656 g/mol. The second-order valence-corrected chi connectivity index (χ2v) is 13.3. The number of unbranched alkanes of at least 4 members (excludes halogenated alkanes) is 10. The van der Waals surface area contributed by atoms with Crippen LogP contribution in [0.25, 0.3) is 0 Å². The Kier molecular flexibility index (Phi) is 19.7. The molecule has 0 aromatic carbocycles. The molecule has 3 amide bonds. The minimum atomic E-state index is -1.49. The normalized spacial score (nSPS) is 27.5. The number of hydrogen-bond acceptors (Lipinski definition) is 9. The van der Waals surface area contributed by atoms with Gasteiger partial charge in [0, 0.05) is 12.8 Å². The van der Waals surface area contributed by atoms with Crippen LogP contribution in [0.4, 0.5) is 0 Å². The summed E-state index contributed by atoms with van der Waals surface area (Å²) in [7, 11) is 0. The number of amides is 3. The van der Waals surface area contributed by atoms with Gasteiger partial charge in [-0.05, 0) is 25.7 Å². The third kappa shape index (κ3) is 14.8. The summed E-state index contributed by atoms with van der Waals surface area (Å²) in [5.74, 6) is -5.81. The molecule has 1 heterocycles. The predicted octanol–water partition coefficient (Wildman–Crippen LogP) is 3.30. The first kappa shape index (κ1) is 41.3. The molecule has 1 saturated heterocycles. The third-order valence-corrected chi connectivity index (χ3v) is 8.77. The molecule has 0 aliphatic carbocycles.